The molecule has 3 rings (SSSR count). The van der Waals surface area contributed by atoms with Gasteiger partial charge in [-0.25, -0.2) is 4.39 Å². The van der Waals surface area contributed by atoms with Crippen LogP contribution in [0, 0.1) is 19.7 Å². The van der Waals surface area contributed by atoms with E-state index in [0.717, 1.165) is 33.6 Å². The first-order chi connectivity index (χ1) is 15.4. The molecule has 0 radical (unpaired) electrons. The normalized spacial score (nSPS) is 10.8. The average Bonchev–Trinajstić information content (AvgIpc) is 2.75. The van der Waals surface area contributed by atoms with Crippen LogP contribution in [-0.4, -0.2) is 25.0 Å². The van der Waals surface area contributed by atoms with Crippen molar-refractivity contribution < 1.29 is 23.8 Å². The molecular weight excluding hydrogens is 409 g/mol. The molecule has 168 valence electrons. The minimum absolute atomic E-state index is 0.0885. The lowest BCUT2D eigenvalue weighted by atomic mass is 9.94. The Labute approximate surface area is 187 Å². The van der Waals surface area contributed by atoms with E-state index in [2.05, 4.69) is 31.3 Å². The van der Waals surface area contributed by atoms with Crippen LogP contribution in [0.3, 0.4) is 0 Å². The number of halogens is 1. The topological polar surface area (TPSA) is 67.8 Å². The number of ether oxygens (including phenoxy) is 2. The molecule has 0 aliphatic rings. The molecule has 3 aromatic carbocycles. The maximum atomic E-state index is 14.3. The van der Waals surface area contributed by atoms with E-state index in [9.17, 15) is 9.18 Å². The van der Waals surface area contributed by atoms with Crippen LogP contribution in [-0.2, 0) is 22.5 Å². The highest BCUT2D eigenvalue weighted by Gasteiger charge is 2.10. The van der Waals surface area contributed by atoms with Crippen molar-refractivity contribution in [2.45, 2.75) is 33.2 Å². The zero-order chi connectivity index (χ0) is 23.1. The lowest BCUT2D eigenvalue weighted by molar-refractivity contribution is -0.136. The van der Waals surface area contributed by atoms with E-state index in [1.807, 2.05) is 24.3 Å². The number of aryl methyl sites for hydroxylation is 3. The summed E-state index contributed by atoms with van der Waals surface area (Å²) in [5.74, 6) is -0.557. The van der Waals surface area contributed by atoms with Gasteiger partial charge in [0, 0.05) is 25.8 Å². The lowest BCUT2D eigenvalue weighted by Gasteiger charge is -2.15. The van der Waals surface area contributed by atoms with Crippen LogP contribution in [0.4, 0.5) is 10.1 Å². The highest BCUT2D eigenvalue weighted by molar-refractivity contribution is 5.72. The number of hydrogen-bond acceptors (Lipinski definition) is 4. The van der Waals surface area contributed by atoms with Gasteiger partial charge in [0.05, 0.1) is 0 Å². The van der Waals surface area contributed by atoms with Crippen molar-refractivity contribution in [3.8, 4) is 16.9 Å². The first kappa shape index (κ1) is 23.3. The van der Waals surface area contributed by atoms with E-state index >= 15 is 0 Å². The highest BCUT2D eigenvalue weighted by Crippen LogP contribution is 2.31. The zero-order valence-corrected chi connectivity index (χ0v) is 18.6. The molecule has 0 heterocycles. The molecule has 0 aromatic heterocycles. The molecule has 5 nitrogen and oxygen atoms in total. The Morgan fingerprint density at radius 1 is 1.06 bits per heavy atom. The molecule has 6 heteroatoms. The summed E-state index contributed by atoms with van der Waals surface area (Å²) in [5, 5.41) is 12.0. The summed E-state index contributed by atoms with van der Waals surface area (Å²) in [4.78, 5) is 10.7. The minimum Gasteiger partial charge on any atom is -0.481 e. The third-order valence-corrected chi connectivity index (χ3v) is 5.22. The van der Waals surface area contributed by atoms with Crippen molar-refractivity contribution in [2.75, 3.05) is 19.2 Å². The van der Waals surface area contributed by atoms with Crippen molar-refractivity contribution in [1.82, 2.24) is 0 Å². The molecule has 0 aliphatic carbocycles. The standard InChI is InChI=1S/C26H28FNO4/c1-17-11-23(32-16-31-3)12-18(2)26(17)21-6-4-5-19(13-21)15-28-22-9-7-20(24(27)14-22)8-10-25(29)30/h4-7,9,11-14,28H,8,10,15-16H2,1-3H3,(H,29,30). The average molecular weight is 438 g/mol. The van der Waals surface area contributed by atoms with Crippen molar-refractivity contribution >= 4 is 11.7 Å². The fourth-order valence-electron chi connectivity index (χ4n) is 3.73. The number of aliphatic carboxylic acids is 1. The largest absolute Gasteiger partial charge is 0.481 e. The second-order valence-corrected chi connectivity index (χ2v) is 7.74. The van der Waals surface area contributed by atoms with E-state index in [1.54, 1.807) is 19.2 Å². The van der Waals surface area contributed by atoms with Gasteiger partial charge in [0.25, 0.3) is 0 Å². The molecule has 2 N–H and O–H groups in total. The Kier molecular flexibility index (Phi) is 7.84. The number of nitrogens with one attached hydrogen (secondary N) is 1. The van der Waals surface area contributed by atoms with Crippen LogP contribution in [0.1, 0.15) is 28.7 Å². The summed E-state index contributed by atoms with van der Waals surface area (Å²) in [6.07, 6.45) is 0.0896. The quantitative estimate of drug-likeness (QED) is 0.397. The van der Waals surface area contributed by atoms with Crippen molar-refractivity contribution in [2.24, 2.45) is 0 Å². The van der Waals surface area contributed by atoms with Gasteiger partial charge in [-0.2, -0.15) is 0 Å². The fraction of sp³-hybridized carbons (Fsp3) is 0.269. The predicted molar refractivity (Wildman–Crippen MR) is 124 cm³/mol. The Hall–Kier alpha value is -3.38. The first-order valence-electron chi connectivity index (χ1n) is 10.4. The maximum Gasteiger partial charge on any atom is 0.303 e. The van der Waals surface area contributed by atoms with Gasteiger partial charge in [0.15, 0.2) is 6.79 Å². The summed E-state index contributed by atoms with van der Waals surface area (Å²) in [6, 6.07) is 17.1. The van der Waals surface area contributed by atoms with E-state index < -0.39 is 11.8 Å². The molecule has 0 fully saturated rings. The lowest BCUT2D eigenvalue weighted by Crippen LogP contribution is -2.03. The van der Waals surface area contributed by atoms with Crippen LogP contribution in [0.2, 0.25) is 0 Å². The van der Waals surface area contributed by atoms with Gasteiger partial charge in [0.1, 0.15) is 11.6 Å². The Morgan fingerprint density at radius 2 is 1.81 bits per heavy atom. The predicted octanol–water partition coefficient (Wildman–Crippen LogP) is 5.72. The van der Waals surface area contributed by atoms with E-state index in [4.69, 9.17) is 14.6 Å². The summed E-state index contributed by atoms with van der Waals surface area (Å²) in [7, 11) is 1.59. The first-order valence-corrected chi connectivity index (χ1v) is 10.4. The Morgan fingerprint density at radius 3 is 2.47 bits per heavy atom. The van der Waals surface area contributed by atoms with Gasteiger partial charge >= 0.3 is 5.97 Å². The van der Waals surface area contributed by atoms with Crippen molar-refractivity contribution in [3.63, 3.8) is 0 Å². The molecule has 0 bridgehead atoms. The number of hydrogen-bond donors (Lipinski definition) is 2. The smallest absolute Gasteiger partial charge is 0.303 e. The van der Waals surface area contributed by atoms with E-state index in [-0.39, 0.29) is 19.6 Å². The van der Waals surface area contributed by atoms with Crippen molar-refractivity contribution in [1.29, 1.82) is 0 Å². The molecule has 3 aromatic rings. The minimum atomic E-state index is -0.936. The summed E-state index contributed by atoms with van der Waals surface area (Å²) < 4.78 is 24.8. The van der Waals surface area contributed by atoms with Gasteiger partial charge in [-0.05, 0) is 84.0 Å². The molecule has 0 aliphatic heterocycles. The van der Waals surface area contributed by atoms with Crippen LogP contribution in [0.5, 0.6) is 5.75 Å². The molecule has 0 atom stereocenters. The van der Waals surface area contributed by atoms with Gasteiger partial charge < -0.3 is 19.9 Å². The Balaban J connectivity index is 1.72. The van der Waals surface area contributed by atoms with Gasteiger partial charge in [-0.15, -0.1) is 0 Å². The number of methoxy groups -OCH3 is 1. The second-order valence-electron chi connectivity index (χ2n) is 7.74. The van der Waals surface area contributed by atoms with Gasteiger partial charge in [0.2, 0.25) is 0 Å². The molecule has 0 unspecified atom stereocenters. The van der Waals surface area contributed by atoms with Crippen molar-refractivity contribution in [3.05, 3.63) is 82.7 Å². The molecular formula is C26H28FNO4. The fourth-order valence-corrected chi connectivity index (χ4v) is 3.73. The van der Waals surface area contributed by atoms with E-state index in [0.29, 0.717) is 17.8 Å². The zero-order valence-electron chi connectivity index (χ0n) is 18.6. The van der Waals surface area contributed by atoms with Gasteiger partial charge in [-0.1, -0.05) is 24.3 Å². The number of carbonyl (C=O) groups is 1. The summed E-state index contributed by atoms with van der Waals surface area (Å²) >= 11 is 0. The SMILES string of the molecule is COCOc1cc(C)c(-c2cccc(CNc3ccc(CCC(=O)O)c(F)c3)c2)c(C)c1. The van der Waals surface area contributed by atoms with Crippen LogP contribution < -0.4 is 10.1 Å². The number of rotatable bonds is 10. The molecule has 0 saturated heterocycles. The second kappa shape index (κ2) is 10.8. The van der Waals surface area contributed by atoms with E-state index in [1.165, 1.54) is 6.07 Å². The molecule has 0 amide bonds. The third-order valence-electron chi connectivity index (χ3n) is 5.22. The molecule has 0 spiro atoms. The monoisotopic (exact) mass is 437 g/mol. The number of benzene rings is 3. The number of anilines is 1. The summed E-state index contributed by atoms with van der Waals surface area (Å²) in [6.45, 7) is 4.86. The van der Waals surface area contributed by atoms with Crippen LogP contribution >= 0.6 is 0 Å². The van der Waals surface area contributed by atoms with Crippen LogP contribution in [0.15, 0.2) is 54.6 Å². The molecule has 0 saturated carbocycles. The number of carboxylic acids is 1. The highest BCUT2D eigenvalue weighted by atomic mass is 19.1. The van der Waals surface area contributed by atoms with Gasteiger partial charge in [-0.3, -0.25) is 4.79 Å². The maximum absolute atomic E-state index is 14.3. The Bertz CT molecular complexity index is 1070. The molecule has 32 heavy (non-hydrogen) atoms. The third kappa shape index (κ3) is 6.08. The summed E-state index contributed by atoms with van der Waals surface area (Å²) in [5.41, 5.74) is 6.61. The van der Waals surface area contributed by atoms with Crippen LogP contribution in [0.25, 0.3) is 11.1 Å². The number of carboxylic acid groups (broad SMARTS) is 1.